The molecule has 2 fully saturated rings. The third kappa shape index (κ3) is 7.54. The minimum Gasteiger partial charge on any atom is -0.530 e. The topological polar surface area (TPSA) is 146 Å². The molecule has 2 aliphatic heterocycles. The number of hydrogen-bond donors (Lipinski definition) is 3. The number of benzene rings is 1. The van der Waals surface area contributed by atoms with Crippen molar-refractivity contribution in [3.63, 3.8) is 0 Å². The van der Waals surface area contributed by atoms with E-state index >= 15 is 0 Å². The third-order valence-corrected chi connectivity index (χ3v) is 7.68. The summed E-state index contributed by atoms with van der Waals surface area (Å²) in [6, 6.07) is 9.07. The molecule has 3 heterocycles. The molecule has 12 heteroatoms. The van der Waals surface area contributed by atoms with Crippen molar-refractivity contribution in [3.8, 4) is 0 Å². The largest absolute Gasteiger partial charge is 0.530 e. The molecule has 2 aliphatic rings. The van der Waals surface area contributed by atoms with Gasteiger partial charge in [0, 0.05) is 64.1 Å². The van der Waals surface area contributed by atoms with E-state index in [-0.39, 0.29) is 23.3 Å². The van der Waals surface area contributed by atoms with E-state index in [0.717, 1.165) is 75.0 Å². The van der Waals surface area contributed by atoms with E-state index in [1.165, 1.54) is 4.90 Å². The van der Waals surface area contributed by atoms with E-state index in [0.29, 0.717) is 25.3 Å². The van der Waals surface area contributed by atoms with Gasteiger partial charge in [-0.1, -0.05) is 32.9 Å². The minimum absolute atomic E-state index is 0.200. The van der Waals surface area contributed by atoms with Crippen LogP contribution in [0.25, 0.3) is 0 Å². The number of rotatable bonds is 12. The Labute approximate surface area is 251 Å². The molecule has 0 saturated carbocycles. The molecule has 3 aromatic rings. The molecule has 3 N–H and O–H groups in total. The van der Waals surface area contributed by atoms with Gasteiger partial charge in [-0.3, -0.25) is 9.59 Å². The maximum Gasteiger partial charge on any atom is 0.253 e. The first kappa shape index (κ1) is 30.1. The summed E-state index contributed by atoms with van der Waals surface area (Å²) in [5, 5.41) is 21.1. The molecule has 43 heavy (non-hydrogen) atoms. The molecule has 0 aliphatic carbocycles. The van der Waals surface area contributed by atoms with Crippen molar-refractivity contribution in [3.05, 3.63) is 56.3 Å². The van der Waals surface area contributed by atoms with Crippen LogP contribution in [0.5, 0.6) is 0 Å². The number of carbonyl (C=O) groups excluding carboxylic acids is 1. The number of carbonyl (C=O) groups is 1. The van der Waals surface area contributed by atoms with Gasteiger partial charge in [0.15, 0.2) is 0 Å². The summed E-state index contributed by atoms with van der Waals surface area (Å²) in [6.45, 7) is 11.3. The lowest BCUT2D eigenvalue weighted by Gasteiger charge is -2.32. The average Bonchev–Trinajstić information content (AvgIpc) is 3.71. The molecular formula is C31H41N8O4-. The molecule has 0 unspecified atom stereocenters. The lowest BCUT2D eigenvalue weighted by molar-refractivity contribution is -0.267. The Morgan fingerprint density at radius 2 is 1.49 bits per heavy atom. The van der Waals surface area contributed by atoms with E-state index in [4.69, 9.17) is 9.97 Å². The highest BCUT2D eigenvalue weighted by Crippen LogP contribution is 2.26. The Hall–Kier alpha value is -4.35. The summed E-state index contributed by atoms with van der Waals surface area (Å²) in [5.41, 5.74) is 0.552. The van der Waals surface area contributed by atoms with Crippen molar-refractivity contribution in [1.29, 1.82) is 0 Å². The number of nitrogens with one attached hydrogen (secondary N) is 3. The maximum atomic E-state index is 12.3. The number of anilines is 6. The van der Waals surface area contributed by atoms with E-state index in [9.17, 15) is 19.5 Å². The normalized spacial score (nSPS) is 15.2. The van der Waals surface area contributed by atoms with Crippen molar-refractivity contribution in [1.82, 2.24) is 14.9 Å². The van der Waals surface area contributed by atoms with Gasteiger partial charge in [-0.15, -0.1) is 0 Å². The Morgan fingerprint density at radius 1 is 0.884 bits per heavy atom. The number of aromatic nitrogens is 2. The molecule has 0 bridgehead atoms. The monoisotopic (exact) mass is 589 g/mol. The van der Waals surface area contributed by atoms with Gasteiger partial charge in [0.25, 0.3) is 10.9 Å². The summed E-state index contributed by atoms with van der Waals surface area (Å²) in [7, 11) is 0. The van der Waals surface area contributed by atoms with Crippen molar-refractivity contribution in [2.45, 2.75) is 53.0 Å². The quantitative estimate of drug-likeness (QED) is 0.212. The molecule has 2 aromatic carbocycles. The summed E-state index contributed by atoms with van der Waals surface area (Å²) in [6.07, 6.45) is 3.40. The van der Waals surface area contributed by atoms with Crippen LogP contribution in [0.2, 0.25) is 0 Å². The van der Waals surface area contributed by atoms with Gasteiger partial charge < -0.3 is 40.6 Å². The highest BCUT2D eigenvalue weighted by molar-refractivity contribution is 5.78. The van der Waals surface area contributed by atoms with Gasteiger partial charge in [0.2, 0.25) is 5.95 Å². The van der Waals surface area contributed by atoms with Gasteiger partial charge in [-0.25, -0.2) is 0 Å². The second kappa shape index (κ2) is 12.9. The lowest BCUT2D eigenvalue weighted by atomic mass is 9.96. The molecular weight excluding hydrogens is 548 g/mol. The van der Waals surface area contributed by atoms with Crippen LogP contribution in [-0.4, -0.2) is 66.8 Å². The van der Waals surface area contributed by atoms with Crippen LogP contribution in [0.1, 0.15) is 52.0 Å². The molecule has 0 spiro atoms. The van der Waals surface area contributed by atoms with Gasteiger partial charge in [-0.2, -0.15) is 9.97 Å². The second-order valence-electron chi connectivity index (χ2n) is 12.6. The Morgan fingerprint density at radius 3 is 2.12 bits per heavy atom. The smallest absolute Gasteiger partial charge is 0.253 e. The second-order valence-corrected chi connectivity index (χ2v) is 12.6. The molecule has 12 nitrogen and oxygen atoms in total. The van der Waals surface area contributed by atoms with Crippen molar-refractivity contribution in [2.75, 3.05) is 71.6 Å². The molecule has 0 atom stereocenters. The van der Waals surface area contributed by atoms with Gasteiger partial charge in [0.05, 0.1) is 0 Å². The van der Waals surface area contributed by atoms with Gasteiger partial charge in [0.1, 0.15) is 29.1 Å². The van der Waals surface area contributed by atoms with Crippen LogP contribution in [0.3, 0.4) is 0 Å². The summed E-state index contributed by atoms with van der Waals surface area (Å²) in [4.78, 5) is 51.6. The van der Waals surface area contributed by atoms with E-state index in [1.807, 2.05) is 26.8 Å². The minimum atomic E-state index is -1.22. The summed E-state index contributed by atoms with van der Waals surface area (Å²) in [5.74, 6) is 2.43. The molecule has 1 amide bonds. The molecule has 2 saturated heterocycles. The first-order valence-corrected chi connectivity index (χ1v) is 15.1. The standard InChI is InChI=1S/C31H42N8O4/c1-31(2,3)20-39(30(42)43)19-21-8-10-22(11-9-21)34-26-25(27(40)28(26)41)33-13-12-32-23-18-24(37-14-4-5-15-37)36-29(35-23)38-16-6-7-17-38/h8-11,18,33-34H,4-7,12-17,19-20H2,1-3H3,(H,42,43)(H,32,35,36)/p-1. The van der Waals surface area contributed by atoms with Gasteiger partial charge >= 0.3 is 0 Å². The first-order valence-electron chi connectivity index (χ1n) is 15.1. The van der Waals surface area contributed by atoms with E-state index < -0.39 is 17.0 Å². The fourth-order valence-electron chi connectivity index (χ4n) is 5.55. The number of amides is 1. The Bertz CT molecular complexity index is 1450. The fraction of sp³-hybridized carbons (Fsp3) is 0.516. The molecule has 1 aromatic heterocycles. The number of nitrogens with zero attached hydrogens (tertiary/aromatic N) is 5. The number of carboxylic acid groups (broad SMARTS) is 1. The van der Waals surface area contributed by atoms with Gasteiger partial charge in [-0.05, 0) is 48.8 Å². The van der Waals surface area contributed by atoms with E-state index in [1.54, 1.807) is 24.3 Å². The first-order chi connectivity index (χ1) is 20.6. The summed E-state index contributed by atoms with van der Waals surface area (Å²) >= 11 is 0. The van der Waals surface area contributed by atoms with Crippen LogP contribution < -0.4 is 41.7 Å². The van der Waals surface area contributed by atoms with Crippen LogP contribution in [0, 0.1) is 5.41 Å². The van der Waals surface area contributed by atoms with Crippen LogP contribution >= 0.6 is 0 Å². The SMILES string of the molecule is CC(C)(C)CN(Cc1ccc(Nc2c(NCCNc3cc(N4CCCC4)nc(N4CCCC4)n3)c(=O)c2=O)cc1)C(=O)[O-]. The average molecular weight is 590 g/mol. The highest BCUT2D eigenvalue weighted by atomic mass is 16.4. The van der Waals surface area contributed by atoms with Crippen molar-refractivity contribution in [2.24, 2.45) is 5.41 Å². The zero-order valence-electron chi connectivity index (χ0n) is 25.2. The third-order valence-electron chi connectivity index (χ3n) is 7.68. The molecule has 5 rings (SSSR count). The zero-order chi connectivity index (χ0) is 30.6. The summed E-state index contributed by atoms with van der Waals surface area (Å²) < 4.78 is 0. The number of hydrogen-bond acceptors (Lipinski definition) is 11. The Kier molecular flexibility index (Phi) is 9.02. The Balaban J connectivity index is 1.17. The van der Waals surface area contributed by atoms with Crippen molar-refractivity contribution < 1.29 is 9.90 Å². The predicted molar refractivity (Wildman–Crippen MR) is 168 cm³/mol. The molecule has 0 radical (unpaired) electrons. The predicted octanol–water partition coefficient (Wildman–Crippen LogP) is 2.73. The fourth-order valence-corrected chi connectivity index (χ4v) is 5.55. The van der Waals surface area contributed by atoms with Crippen LogP contribution in [0.15, 0.2) is 39.9 Å². The van der Waals surface area contributed by atoms with Crippen LogP contribution in [-0.2, 0) is 6.54 Å². The molecule has 230 valence electrons. The zero-order valence-corrected chi connectivity index (χ0v) is 25.2. The lowest BCUT2D eigenvalue weighted by Crippen LogP contribution is -2.44. The van der Waals surface area contributed by atoms with E-state index in [2.05, 4.69) is 25.8 Å². The van der Waals surface area contributed by atoms with Crippen molar-refractivity contribution >= 4 is 40.7 Å². The highest BCUT2D eigenvalue weighted by Gasteiger charge is 2.22. The maximum absolute atomic E-state index is 12.3. The van der Waals surface area contributed by atoms with Crippen LogP contribution in [0.4, 0.5) is 39.4 Å².